The first-order valence-corrected chi connectivity index (χ1v) is 12.9. The molecule has 1 aliphatic heterocycles. The quantitative estimate of drug-likeness (QED) is 0.227. The van der Waals surface area contributed by atoms with Crippen LogP contribution in [0.3, 0.4) is 0 Å². The summed E-state index contributed by atoms with van der Waals surface area (Å²) in [6.07, 6.45) is 2.41. The number of hydrogen-bond acceptors (Lipinski definition) is 8. The van der Waals surface area contributed by atoms with E-state index in [1.54, 1.807) is 4.72 Å². The molecule has 1 saturated heterocycles. The zero-order valence-corrected chi connectivity index (χ0v) is 21.1. The third-order valence-electron chi connectivity index (χ3n) is 5.82. The van der Waals surface area contributed by atoms with Gasteiger partial charge in [0.2, 0.25) is 27.6 Å². The van der Waals surface area contributed by atoms with Gasteiger partial charge in [-0.1, -0.05) is 0 Å². The molecule has 0 atom stereocenters. The van der Waals surface area contributed by atoms with Crippen LogP contribution in [0.4, 0.5) is 43.7 Å². The first kappa shape index (κ1) is 28.4. The predicted octanol–water partition coefficient (Wildman–Crippen LogP) is 3.61. The molecule has 2 N–H and O–H groups in total. The van der Waals surface area contributed by atoms with Crippen LogP contribution in [0.25, 0.3) is 0 Å². The van der Waals surface area contributed by atoms with Gasteiger partial charge < -0.3 is 19.9 Å². The fourth-order valence-electron chi connectivity index (χ4n) is 3.74. The molecule has 210 valence electrons. The number of hydrogen-bond donors (Lipinski definition) is 2. The maximum atomic E-state index is 14.2. The third kappa shape index (κ3) is 6.51. The van der Waals surface area contributed by atoms with Gasteiger partial charge in [-0.3, -0.25) is 0 Å². The first-order chi connectivity index (χ1) is 18.5. The Morgan fingerprint density at radius 2 is 1.51 bits per heavy atom. The number of aromatic nitrogens is 2. The highest BCUT2D eigenvalue weighted by Gasteiger charge is 2.35. The van der Waals surface area contributed by atoms with Crippen molar-refractivity contribution in [2.24, 2.45) is 0 Å². The van der Waals surface area contributed by atoms with Crippen LogP contribution < -0.4 is 19.7 Å². The van der Waals surface area contributed by atoms with Crippen LogP contribution in [0.5, 0.6) is 5.75 Å². The van der Waals surface area contributed by atoms with Crippen molar-refractivity contribution < 1.29 is 39.5 Å². The summed E-state index contributed by atoms with van der Waals surface area (Å²) in [7, 11) is -3.14. The largest absolute Gasteiger partial charge is 0.430 e. The van der Waals surface area contributed by atoms with Gasteiger partial charge in [0.05, 0.1) is 0 Å². The van der Waals surface area contributed by atoms with E-state index >= 15 is 0 Å². The van der Waals surface area contributed by atoms with Crippen molar-refractivity contribution in [2.75, 3.05) is 43.4 Å². The van der Waals surface area contributed by atoms with E-state index in [4.69, 9.17) is 0 Å². The van der Waals surface area contributed by atoms with E-state index < -0.39 is 57.1 Å². The average molecular weight is 577 g/mol. The number of sulfonamides is 1. The van der Waals surface area contributed by atoms with E-state index in [9.17, 15) is 34.8 Å². The van der Waals surface area contributed by atoms with Crippen molar-refractivity contribution in [1.29, 1.82) is 0 Å². The maximum Gasteiger partial charge on any atom is 0.387 e. The fraction of sp³-hybridized carbons (Fsp3) is 0.304. The number of alkyl halides is 2. The summed E-state index contributed by atoms with van der Waals surface area (Å²) in [5.74, 6) is -11.7. The lowest BCUT2D eigenvalue weighted by Gasteiger charge is -2.34. The highest BCUT2D eigenvalue weighted by atomic mass is 32.2. The van der Waals surface area contributed by atoms with E-state index in [2.05, 4.69) is 36.9 Å². The molecule has 0 amide bonds. The van der Waals surface area contributed by atoms with Crippen LogP contribution in [0.2, 0.25) is 0 Å². The third-order valence-corrected chi connectivity index (χ3v) is 7.25. The second-order valence-corrected chi connectivity index (χ2v) is 10.2. The SMILES string of the molecule is CN1CCN(c2ccc(Nc3ncc(CNS(=O)(=O)c4c(F)c(F)c(F)c(F)c4OC(F)F)cn3)cc2)CC1. The van der Waals surface area contributed by atoms with E-state index in [1.807, 2.05) is 24.3 Å². The van der Waals surface area contributed by atoms with Gasteiger partial charge in [0.15, 0.2) is 22.3 Å². The van der Waals surface area contributed by atoms with E-state index in [-0.39, 0.29) is 11.5 Å². The van der Waals surface area contributed by atoms with Crippen LogP contribution in [-0.4, -0.2) is 63.1 Å². The molecule has 0 bridgehead atoms. The summed E-state index contributed by atoms with van der Waals surface area (Å²) in [6.45, 7) is -0.724. The lowest BCUT2D eigenvalue weighted by molar-refractivity contribution is -0.0551. The lowest BCUT2D eigenvalue weighted by Crippen LogP contribution is -2.44. The Hall–Kier alpha value is -3.63. The minimum absolute atomic E-state index is 0.120. The molecule has 0 spiro atoms. The number of ether oxygens (including phenoxy) is 1. The van der Waals surface area contributed by atoms with Gasteiger partial charge in [0, 0.05) is 62.1 Å². The highest BCUT2D eigenvalue weighted by Crippen LogP contribution is 2.35. The Kier molecular flexibility index (Phi) is 8.46. The van der Waals surface area contributed by atoms with Crippen LogP contribution >= 0.6 is 0 Å². The molecule has 2 aromatic carbocycles. The van der Waals surface area contributed by atoms with E-state index in [1.165, 1.54) is 12.4 Å². The number of benzene rings is 2. The van der Waals surface area contributed by atoms with Crippen molar-refractivity contribution in [2.45, 2.75) is 18.1 Å². The maximum absolute atomic E-state index is 14.2. The molecule has 3 aromatic rings. The molecule has 0 unspecified atom stereocenters. The van der Waals surface area contributed by atoms with Crippen molar-refractivity contribution in [3.63, 3.8) is 0 Å². The summed E-state index contributed by atoms with van der Waals surface area (Å²) in [5, 5.41) is 2.97. The second kappa shape index (κ2) is 11.6. The molecule has 1 aromatic heterocycles. The molecule has 39 heavy (non-hydrogen) atoms. The van der Waals surface area contributed by atoms with E-state index in [0.717, 1.165) is 31.9 Å². The normalized spacial score (nSPS) is 14.6. The van der Waals surface area contributed by atoms with Crippen LogP contribution in [0.15, 0.2) is 41.6 Å². The van der Waals surface area contributed by atoms with Crippen LogP contribution in [0, 0.1) is 23.3 Å². The Labute approximate surface area is 219 Å². The topological polar surface area (TPSA) is 99.7 Å². The first-order valence-electron chi connectivity index (χ1n) is 11.4. The summed E-state index contributed by atoms with van der Waals surface area (Å²) in [6, 6.07) is 7.58. The molecule has 1 aliphatic rings. The molecule has 4 rings (SSSR count). The monoisotopic (exact) mass is 576 g/mol. The minimum atomic E-state index is -5.21. The highest BCUT2D eigenvalue weighted by molar-refractivity contribution is 7.89. The van der Waals surface area contributed by atoms with Gasteiger partial charge >= 0.3 is 6.61 Å². The van der Waals surface area contributed by atoms with Gasteiger partial charge in [0.1, 0.15) is 0 Å². The molecule has 0 radical (unpaired) electrons. The Bertz CT molecular complexity index is 1420. The fourth-order valence-corrected chi connectivity index (χ4v) is 4.94. The smallest absolute Gasteiger partial charge is 0.387 e. The predicted molar refractivity (Wildman–Crippen MR) is 128 cm³/mol. The number of nitrogens with zero attached hydrogens (tertiary/aromatic N) is 4. The van der Waals surface area contributed by atoms with Gasteiger partial charge in [-0.25, -0.2) is 36.3 Å². The summed E-state index contributed by atoms with van der Waals surface area (Å²) >= 11 is 0. The molecule has 0 aliphatic carbocycles. The Balaban J connectivity index is 1.42. The lowest BCUT2D eigenvalue weighted by atomic mass is 10.2. The van der Waals surface area contributed by atoms with Crippen molar-refractivity contribution in [3.8, 4) is 5.75 Å². The number of halogens is 6. The van der Waals surface area contributed by atoms with Gasteiger partial charge in [-0.05, 0) is 31.3 Å². The Morgan fingerprint density at radius 1 is 0.923 bits per heavy atom. The summed E-state index contributed by atoms with van der Waals surface area (Å²) in [4.78, 5) is 10.6. The van der Waals surface area contributed by atoms with Gasteiger partial charge in [-0.2, -0.15) is 13.2 Å². The molecular weight excluding hydrogens is 554 g/mol. The number of piperazine rings is 1. The van der Waals surface area contributed by atoms with Crippen molar-refractivity contribution >= 4 is 27.3 Å². The number of anilines is 3. The van der Waals surface area contributed by atoms with E-state index in [0.29, 0.717) is 5.69 Å². The number of likely N-dealkylation sites (N-methyl/N-ethyl adjacent to an activating group) is 1. The second-order valence-electron chi connectivity index (χ2n) is 8.49. The number of nitrogens with one attached hydrogen (secondary N) is 2. The molecular formula is C23H22F6N6O3S. The van der Waals surface area contributed by atoms with Crippen molar-refractivity contribution in [1.82, 2.24) is 19.6 Å². The Morgan fingerprint density at radius 3 is 2.10 bits per heavy atom. The number of rotatable bonds is 9. The zero-order chi connectivity index (χ0) is 28.3. The van der Waals surface area contributed by atoms with Gasteiger partial charge in [-0.15, -0.1) is 0 Å². The minimum Gasteiger partial charge on any atom is -0.430 e. The molecule has 9 nitrogen and oxygen atoms in total. The average Bonchev–Trinajstić information content (AvgIpc) is 2.91. The summed E-state index contributed by atoms with van der Waals surface area (Å²) in [5.41, 5.74) is 1.87. The molecule has 2 heterocycles. The molecule has 0 saturated carbocycles. The van der Waals surface area contributed by atoms with Crippen LogP contribution in [-0.2, 0) is 16.6 Å². The zero-order valence-electron chi connectivity index (χ0n) is 20.3. The van der Waals surface area contributed by atoms with Gasteiger partial charge in [0.25, 0.3) is 0 Å². The van der Waals surface area contributed by atoms with Crippen LogP contribution in [0.1, 0.15) is 5.56 Å². The summed E-state index contributed by atoms with van der Waals surface area (Å²) < 4.78 is 111. The van der Waals surface area contributed by atoms with Crippen molar-refractivity contribution in [3.05, 3.63) is 65.5 Å². The molecule has 1 fully saturated rings. The standard InChI is InChI=1S/C23H22F6N6O3S/c1-34-6-8-35(9-7-34)15-4-2-14(3-5-15)33-23-30-10-13(11-31-23)12-32-39(36,37)21-19(27)17(25)16(24)18(26)20(21)38-22(28)29/h2-5,10-11,22,32H,6-9,12H2,1H3,(H,30,31,33). The molecule has 16 heteroatoms.